The third-order valence-corrected chi connectivity index (χ3v) is 4.57. The summed E-state index contributed by atoms with van der Waals surface area (Å²) in [5.74, 6) is -0.0199. The standard InChI is InChI=1S/C22H27NO/c1-6-21(18-10-8-7-9-11-18)23-22(24)19-13-12-16(4)20(14-19)17(5)15(2)3/h7-14,21H,6H2,1-5H3,(H,23,24). The van der Waals surface area contributed by atoms with Crippen LogP contribution in [0.25, 0.3) is 5.57 Å². The zero-order valence-electron chi connectivity index (χ0n) is 15.3. The fourth-order valence-corrected chi connectivity index (χ4v) is 2.78. The minimum absolute atomic E-state index is 0.0199. The predicted octanol–water partition coefficient (Wildman–Crippen LogP) is 5.69. The van der Waals surface area contributed by atoms with E-state index in [9.17, 15) is 4.79 Å². The zero-order valence-corrected chi connectivity index (χ0v) is 15.3. The Kier molecular flexibility index (Phi) is 5.97. The van der Waals surface area contributed by atoms with Crippen molar-refractivity contribution in [3.63, 3.8) is 0 Å². The molecule has 0 aliphatic rings. The highest BCUT2D eigenvalue weighted by molar-refractivity contribution is 5.95. The number of amides is 1. The molecule has 0 heterocycles. The van der Waals surface area contributed by atoms with Crippen molar-refractivity contribution >= 4 is 11.5 Å². The van der Waals surface area contributed by atoms with Crippen LogP contribution in [0.15, 0.2) is 54.1 Å². The maximum atomic E-state index is 12.7. The molecule has 0 radical (unpaired) electrons. The second kappa shape index (κ2) is 7.96. The van der Waals surface area contributed by atoms with Crippen molar-refractivity contribution in [2.24, 2.45) is 0 Å². The molecule has 0 bridgehead atoms. The molecule has 1 N–H and O–H groups in total. The molecule has 2 aromatic rings. The summed E-state index contributed by atoms with van der Waals surface area (Å²) in [6.45, 7) is 10.5. The van der Waals surface area contributed by atoms with Gasteiger partial charge in [-0.1, -0.05) is 48.9 Å². The molecule has 0 spiro atoms. The number of benzene rings is 2. The summed E-state index contributed by atoms with van der Waals surface area (Å²) in [4.78, 5) is 12.7. The van der Waals surface area contributed by atoms with Gasteiger partial charge in [-0.25, -0.2) is 0 Å². The molecule has 1 unspecified atom stereocenters. The average Bonchev–Trinajstić information content (AvgIpc) is 2.59. The maximum Gasteiger partial charge on any atom is 0.251 e. The molecular weight excluding hydrogens is 294 g/mol. The summed E-state index contributed by atoms with van der Waals surface area (Å²) < 4.78 is 0. The third-order valence-electron chi connectivity index (χ3n) is 4.57. The van der Waals surface area contributed by atoms with Gasteiger partial charge in [0.2, 0.25) is 0 Å². The number of carbonyl (C=O) groups is 1. The summed E-state index contributed by atoms with van der Waals surface area (Å²) in [6, 6.07) is 16.1. The lowest BCUT2D eigenvalue weighted by Gasteiger charge is -2.18. The van der Waals surface area contributed by atoms with Gasteiger partial charge >= 0.3 is 0 Å². The van der Waals surface area contributed by atoms with E-state index < -0.39 is 0 Å². The van der Waals surface area contributed by atoms with Crippen molar-refractivity contribution in [3.8, 4) is 0 Å². The molecule has 0 aromatic heterocycles. The molecule has 0 saturated carbocycles. The van der Waals surface area contributed by atoms with Gasteiger partial charge < -0.3 is 5.32 Å². The van der Waals surface area contributed by atoms with Crippen LogP contribution >= 0.6 is 0 Å². The molecule has 2 aromatic carbocycles. The van der Waals surface area contributed by atoms with Crippen LogP contribution in [0.3, 0.4) is 0 Å². The van der Waals surface area contributed by atoms with Crippen LogP contribution < -0.4 is 5.32 Å². The topological polar surface area (TPSA) is 29.1 Å². The molecular formula is C22H27NO. The van der Waals surface area contributed by atoms with E-state index in [-0.39, 0.29) is 11.9 Å². The zero-order chi connectivity index (χ0) is 17.7. The van der Waals surface area contributed by atoms with Gasteiger partial charge in [0.05, 0.1) is 6.04 Å². The van der Waals surface area contributed by atoms with Crippen LogP contribution in [0.4, 0.5) is 0 Å². The Bertz CT molecular complexity index is 740. The van der Waals surface area contributed by atoms with Crippen molar-refractivity contribution in [3.05, 3.63) is 76.4 Å². The minimum Gasteiger partial charge on any atom is -0.345 e. The number of allylic oxidation sites excluding steroid dienone is 2. The average molecular weight is 321 g/mol. The highest BCUT2D eigenvalue weighted by Crippen LogP contribution is 2.24. The van der Waals surface area contributed by atoms with Crippen LogP contribution in [0, 0.1) is 6.92 Å². The summed E-state index contributed by atoms with van der Waals surface area (Å²) in [6.07, 6.45) is 0.863. The minimum atomic E-state index is -0.0199. The second-order valence-corrected chi connectivity index (χ2v) is 6.50. The van der Waals surface area contributed by atoms with E-state index in [0.717, 1.165) is 17.5 Å². The molecule has 0 aliphatic carbocycles. The molecule has 126 valence electrons. The maximum absolute atomic E-state index is 12.7. The molecule has 0 aliphatic heterocycles. The predicted molar refractivity (Wildman–Crippen MR) is 102 cm³/mol. The number of rotatable bonds is 5. The molecule has 1 amide bonds. The Morgan fingerprint density at radius 1 is 1.04 bits per heavy atom. The SMILES string of the molecule is CCC(NC(=O)c1ccc(C)c(C(C)=C(C)C)c1)c1ccccc1. The number of hydrogen-bond donors (Lipinski definition) is 1. The van der Waals surface area contributed by atoms with E-state index >= 15 is 0 Å². The molecule has 24 heavy (non-hydrogen) atoms. The van der Waals surface area contributed by atoms with Gasteiger partial charge in [0, 0.05) is 5.56 Å². The van der Waals surface area contributed by atoms with Gasteiger partial charge in [0.1, 0.15) is 0 Å². The van der Waals surface area contributed by atoms with E-state index in [1.54, 1.807) is 0 Å². The van der Waals surface area contributed by atoms with E-state index in [0.29, 0.717) is 5.56 Å². The Morgan fingerprint density at radius 3 is 2.29 bits per heavy atom. The molecule has 0 saturated heterocycles. The number of carbonyl (C=O) groups excluding carboxylic acids is 1. The van der Waals surface area contributed by atoms with Gasteiger partial charge in [0.15, 0.2) is 0 Å². The van der Waals surface area contributed by atoms with Crippen LogP contribution in [-0.4, -0.2) is 5.91 Å². The largest absolute Gasteiger partial charge is 0.345 e. The number of nitrogens with one attached hydrogen (secondary N) is 1. The van der Waals surface area contributed by atoms with Gasteiger partial charge in [-0.3, -0.25) is 4.79 Å². The quantitative estimate of drug-likeness (QED) is 0.753. The smallest absolute Gasteiger partial charge is 0.251 e. The van der Waals surface area contributed by atoms with Gasteiger partial charge in [-0.05, 0) is 68.5 Å². The first-order valence-corrected chi connectivity index (χ1v) is 8.55. The summed E-state index contributed by atoms with van der Waals surface area (Å²) >= 11 is 0. The summed E-state index contributed by atoms with van der Waals surface area (Å²) in [5, 5.41) is 3.16. The second-order valence-electron chi connectivity index (χ2n) is 6.50. The first-order chi connectivity index (χ1) is 11.4. The fourth-order valence-electron chi connectivity index (χ4n) is 2.78. The molecule has 1 atom stereocenters. The number of aryl methyl sites for hydroxylation is 1. The molecule has 0 fully saturated rings. The summed E-state index contributed by atoms with van der Waals surface area (Å²) in [5.41, 5.74) is 6.70. The van der Waals surface area contributed by atoms with E-state index in [4.69, 9.17) is 0 Å². The Labute approximate surface area is 145 Å². The van der Waals surface area contributed by atoms with Crippen molar-refractivity contribution in [1.29, 1.82) is 0 Å². The van der Waals surface area contributed by atoms with Crippen molar-refractivity contribution in [1.82, 2.24) is 5.32 Å². The van der Waals surface area contributed by atoms with E-state index in [1.165, 1.54) is 16.7 Å². The van der Waals surface area contributed by atoms with Gasteiger partial charge in [-0.2, -0.15) is 0 Å². The van der Waals surface area contributed by atoms with Crippen molar-refractivity contribution < 1.29 is 4.79 Å². The third kappa shape index (κ3) is 4.14. The normalized spacial score (nSPS) is 11.7. The highest BCUT2D eigenvalue weighted by atomic mass is 16.1. The van der Waals surface area contributed by atoms with Crippen LogP contribution in [0.5, 0.6) is 0 Å². The molecule has 2 heteroatoms. The van der Waals surface area contributed by atoms with Crippen molar-refractivity contribution in [2.45, 2.75) is 47.1 Å². The Balaban J connectivity index is 2.27. The van der Waals surface area contributed by atoms with Crippen LogP contribution in [0.1, 0.15) is 67.2 Å². The number of hydrogen-bond acceptors (Lipinski definition) is 1. The van der Waals surface area contributed by atoms with Gasteiger partial charge in [-0.15, -0.1) is 0 Å². The Hall–Kier alpha value is -2.35. The highest BCUT2D eigenvalue weighted by Gasteiger charge is 2.15. The molecule has 2 rings (SSSR count). The van der Waals surface area contributed by atoms with Crippen LogP contribution in [-0.2, 0) is 0 Å². The van der Waals surface area contributed by atoms with Crippen molar-refractivity contribution in [2.75, 3.05) is 0 Å². The lowest BCUT2D eigenvalue weighted by molar-refractivity contribution is 0.0935. The lowest BCUT2D eigenvalue weighted by atomic mass is 9.96. The Morgan fingerprint density at radius 2 is 1.71 bits per heavy atom. The lowest BCUT2D eigenvalue weighted by Crippen LogP contribution is -2.28. The molecule has 2 nitrogen and oxygen atoms in total. The van der Waals surface area contributed by atoms with Gasteiger partial charge in [0.25, 0.3) is 5.91 Å². The van der Waals surface area contributed by atoms with Crippen LogP contribution in [0.2, 0.25) is 0 Å². The van der Waals surface area contributed by atoms with E-state index in [1.807, 2.05) is 36.4 Å². The first kappa shape index (κ1) is 18.0. The first-order valence-electron chi connectivity index (χ1n) is 8.55. The summed E-state index contributed by atoms with van der Waals surface area (Å²) in [7, 11) is 0. The fraction of sp³-hybridized carbons (Fsp3) is 0.318. The van der Waals surface area contributed by atoms with E-state index in [2.05, 4.69) is 52.1 Å². The monoisotopic (exact) mass is 321 g/mol.